The van der Waals surface area contributed by atoms with Gasteiger partial charge in [0.2, 0.25) is 5.91 Å². The van der Waals surface area contributed by atoms with Crippen molar-refractivity contribution in [1.82, 2.24) is 15.2 Å². The molecule has 0 spiro atoms. The molecule has 98 valence electrons. The molecule has 0 bridgehead atoms. The third-order valence-electron chi connectivity index (χ3n) is 4.30. The molecule has 1 fully saturated rings. The van der Waals surface area contributed by atoms with Crippen molar-refractivity contribution in [2.75, 3.05) is 4.90 Å². The van der Waals surface area contributed by atoms with E-state index in [1.54, 1.807) is 6.20 Å². The smallest absolute Gasteiger partial charge is 0.228 e. The number of hydrogen-bond donors (Lipinski definition) is 1. The van der Waals surface area contributed by atoms with Gasteiger partial charge in [-0.15, -0.1) is 0 Å². The van der Waals surface area contributed by atoms with Gasteiger partial charge in [-0.1, -0.05) is 12.8 Å². The Labute approximate surface area is 111 Å². The molecular formula is C14H16N4O. The normalized spacial score (nSPS) is 20.2. The number of amides is 1. The number of rotatable bonds is 1. The van der Waals surface area contributed by atoms with Crippen LogP contribution in [0, 0.1) is 0 Å². The van der Waals surface area contributed by atoms with E-state index in [-0.39, 0.29) is 5.91 Å². The Morgan fingerprint density at radius 3 is 2.95 bits per heavy atom. The molecule has 1 aliphatic carbocycles. The molecule has 0 atom stereocenters. The molecule has 2 aromatic rings. The number of aromatic amines is 1. The van der Waals surface area contributed by atoms with Crippen molar-refractivity contribution in [3.05, 3.63) is 18.0 Å². The van der Waals surface area contributed by atoms with E-state index in [1.807, 2.05) is 11.0 Å². The average molecular weight is 256 g/mol. The second-order valence-corrected chi connectivity index (χ2v) is 5.43. The number of carbonyl (C=O) groups is 1. The van der Waals surface area contributed by atoms with Crippen molar-refractivity contribution < 1.29 is 4.79 Å². The lowest BCUT2D eigenvalue weighted by atomic mass is 10.2. The van der Waals surface area contributed by atoms with Gasteiger partial charge in [-0.25, -0.2) is 4.98 Å². The van der Waals surface area contributed by atoms with Crippen molar-refractivity contribution in [1.29, 1.82) is 0 Å². The number of hydrogen-bond acceptors (Lipinski definition) is 3. The third-order valence-corrected chi connectivity index (χ3v) is 4.30. The molecule has 1 saturated carbocycles. The monoisotopic (exact) mass is 256 g/mol. The van der Waals surface area contributed by atoms with E-state index >= 15 is 0 Å². The van der Waals surface area contributed by atoms with Gasteiger partial charge in [0.05, 0.1) is 10.9 Å². The molecule has 5 heteroatoms. The van der Waals surface area contributed by atoms with Gasteiger partial charge in [0.25, 0.3) is 0 Å². The van der Waals surface area contributed by atoms with Gasteiger partial charge in [-0.05, 0) is 25.3 Å². The highest BCUT2D eigenvalue weighted by molar-refractivity contribution is 6.04. The molecule has 5 nitrogen and oxygen atoms in total. The van der Waals surface area contributed by atoms with Gasteiger partial charge in [-0.3, -0.25) is 14.8 Å². The molecule has 0 aromatic carbocycles. The maximum atomic E-state index is 12.5. The van der Waals surface area contributed by atoms with E-state index in [4.69, 9.17) is 0 Å². The highest BCUT2D eigenvalue weighted by Crippen LogP contribution is 2.35. The van der Waals surface area contributed by atoms with Gasteiger partial charge in [0.15, 0.2) is 0 Å². The Kier molecular flexibility index (Phi) is 2.33. The largest absolute Gasteiger partial charge is 0.293 e. The molecule has 2 aliphatic rings. The second-order valence-electron chi connectivity index (χ2n) is 5.43. The fraction of sp³-hybridized carbons (Fsp3) is 0.500. The Hall–Kier alpha value is -1.91. The number of nitrogens with zero attached hydrogens (tertiary/aromatic N) is 3. The van der Waals surface area contributed by atoms with Gasteiger partial charge in [0.1, 0.15) is 5.82 Å². The molecule has 1 aliphatic heterocycles. The SMILES string of the molecule is O=C1CCc2[nH]nc3ccnc(c23)N1C1CCCC1. The van der Waals surface area contributed by atoms with Crippen LogP contribution in [0.5, 0.6) is 0 Å². The molecule has 0 unspecified atom stereocenters. The standard InChI is InChI=1S/C14H16N4O/c19-12-6-5-10-13-11(17-16-10)7-8-15-14(13)18(12)9-3-1-2-4-9/h7-9H,1-6H2,(H,16,17). The van der Waals surface area contributed by atoms with E-state index in [2.05, 4.69) is 15.2 Å². The minimum absolute atomic E-state index is 0.205. The summed E-state index contributed by atoms with van der Waals surface area (Å²) in [4.78, 5) is 18.9. The van der Waals surface area contributed by atoms with Gasteiger partial charge in [-0.2, -0.15) is 5.10 Å². The lowest BCUT2D eigenvalue weighted by molar-refractivity contribution is -0.119. The number of aryl methyl sites for hydroxylation is 1. The number of nitrogens with one attached hydrogen (secondary N) is 1. The Morgan fingerprint density at radius 2 is 2.11 bits per heavy atom. The predicted octanol–water partition coefficient (Wildman–Crippen LogP) is 2.18. The van der Waals surface area contributed by atoms with Crippen molar-refractivity contribution in [2.45, 2.75) is 44.6 Å². The van der Waals surface area contributed by atoms with Crippen molar-refractivity contribution in [3.63, 3.8) is 0 Å². The number of pyridine rings is 1. The van der Waals surface area contributed by atoms with Crippen LogP contribution in [0.3, 0.4) is 0 Å². The maximum absolute atomic E-state index is 12.5. The summed E-state index contributed by atoms with van der Waals surface area (Å²) in [5.74, 6) is 1.02. The van der Waals surface area contributed by atoms with Crippen LogP contribution in [-0.2, 0) is 11.2 Å². The van der Waals surface area contributed by atoms with Crippen LogP contribution >= 0.6 is 0 Å². The summed E-state index contributed by atoms with van der Waals surface area (Å²) in [6.45, 7) is 0. The second kappa shape index (κ2) is 4.05. The number of H-pyrrole nitrogens is 1. The summed E-state index contributed by atoms with van der Waals surface area (Å²) < 4.78 is 0. The van der Waals surface area contributed by atoms with E-state index in [1.165, 1.54) is 12.8 Å². The van der Waals surface area contributed by atoms with E-state index < -0.39 is 0 Å². The summed E-state index contributed by atoms with van der Waals surface area (Å²) in [6.07, 6.45) is 7.64. The van der Waals surface area contributed by atoms with Crippen LogP contribution in [0.15, 0.2) is 12.3 Å². The van der Waals surface area contributed by atoms with Crippen LogP contribution in [0.25, 0.3) is 10.9 Å². The summed E-state index contributed by atoms with van der Waals surface area (Å²) >= 11 is 0. The molecule has 1 N–H and O–H groups in total. The molecule has 0 saturated heterocycles. The van der Waals surface area contributed by atoms with Gasteiger partial charge in [0, 0.05) is 24.4 Å². The van der Waals surface area contributed by atoms with Crippen LogP contribution < -0.4 is 4.90 Å². The van der Waals surface area contributed by atoms with Crippen LogP contribution in [0.4, 0.5) is 5.82 Å². The molecule has 2 aromatic heterocycles. The van der Waals surface area contributed by atoms with E-state index in [0.29, 0.717) is 12.5 Å². The van der Waals surface area contributed by atoms with E-state index in [9.17, 15) is 4.79 Å². The Morgan fingerprint density at radius 1 is 1.26 bits per heavy atom. The Bertz CT molecular complexity index is 642. The van der Waals surface area contributed by atoms with Crippen LogP contribution in [-0.4, -0.2) is 27.1 Å². The van der Waals surface area contributed by atoms with E-state index in [0.717, 1.165) is 41.7 Å². The summed E-state index contributed by atoms with van der Waals surface area (Å²) in [7, 11) is 0. The number of anilines is 1. The minimum atomic E-state index is 0.205. The zero-order valence-electron chi connectivity index (χ0n) is 10.7. The quantitative estimate of drug-likeness (QED) is 0.850. The lowest BCUT2D eigenvalue weighted by Crippen LogP contribution is -2.39. The van der Waals surface area contributed by atoms with Gasteiger partial charge < -0.3 is 0 Å². The first-order valence-corrected chi connectivity index (χ1v) is 6.98. The highest BCUT2D eigenvalue weighted by atomic mass is 16.2. The first-order valence-electron chi connectivity index (χ1n) is 6.98. The molecule has 4 rings (SSSR count). The highest BCUT2D eigenvalue weighted by Gasteiger charge is 2.32. The summed E-state index contributed by atoms with van der Waals surface area (Å²) in [5.41, 5.74) is 1.96. The molecule has 1 amide bonds. The summed E-state index contributed by atoms with van der Waals surface area (Å²) in [5, 5.41) is 8.42. The molecule has 0 radical (unpaired) electrons. The van der Waals surface area contributed by atoms with Crippen molar-refractivity contribution in [2.24, 2.45) is 0 Å². The number of carbonyl (C=O) groups excluding carboxylic acids is 1. The number of aromatic nitrogens is 3. The molecule has 3 heterocycles. The first-order chi connectivity index (χ1) is 9.34. The topological polar surface area (TPSA) is 61.9 Å². The third kappa shape index (κ3) is 1.57. The molecular weight excluding hydrogens is 240 g/mol. The zero-order chi connectivity index (χ0) is 12.8. The zero-order valence-corrected chi connectivity index (χ0v) is 10.7. The fourth-order valence-corrected chi connectivity index (χ4v) is 3.38. The van der Waals surface area contributed by atoms with Crippen molar-refractivity contribution >= 4 is 22.6 Å². The fourth-order valence-electron chi connectivity index (χ4n) is 3.38. The predicted molar refractivity (Wildman–Crippen MR) is 72.0 cm³/mol. The average Bonchev–Trinajstić information content (AvgIpc) is 3.03. The van der Waals surface area contributed by atoms with Gasteiger partial charge >= 0.3 is 0 Å². The van der Waals surface area contributed by atoms with Crippen molar-refractivity contribution in [3.8, 4) is 0 Å². The van der Waals surface area contributed by atoms with Crippen LogP contribution in [0.1, 0.15) is 37.8 Å². The van der Waals surface area contributed by atoms with Crippen LogP contribution in [0.2, 0.25) is 0 Å². The first kappa shape index (κ1) is 11.0. The summed E-state index contributed by atoms with van der Waals surface area (Å²) in [6, 6.07) is 2.23. The lowest BCUT2D eigenvalue weighted by Gasteiger charge is -2.27. The minimum Gasteiger partial charge on any atom is -0.293 e. The maximum Gasteiger partial charge on any atom is 0.228 e. The Balaban J connectivity index is 1.92. The molecule has 19 heavy (non-hydrogen) atoms.